The molecule has 0 amide bonds. The maximum atomic E-state index is 9.99. The lowest BCUT2D eigenvalue weighted by atomic mass is 10.1. The third-order valence-corrected chi connectivity index (χ3v) is 2.59. The zero-order valence-electron chi connectivity index (χ0n) is 9.63. The maximum Gasteiger partial charge on any atom is 0.0917 e. The highest BCUT2D eigenvalue weighted by Gasteiger charge is 2.11. The van der Waals surface area contributed by atoms with Gasteiger partial charge in [-0.2, -0.15) is 0 Å². The number of rotatable bonds is 6. The quantitative estimate of drug-likeness (QED) is 0.619. The van der Waals surface area contributed by atoms with Crippen LogP contribution < -0.4 is 5.73 Å². The topological polar surface area (TPSA) is 69.7 Å². The Morgan fingerprint density at radius 3 is 2.75 bits per heavy atom. The minimum atomic E-state index is -0.560. The first kappa shape index (κ1) is 13.0. The Morgan fingerprint density at radius 2 is 2.19 bits per heavy atom. The number of nitrogens with zero attached hydrogens (tertiary/aromatic N) is 1. The van der Waals surface area contributed by atoms with Crippen molar-refractivity contribution in [1.82, 2.24) is 4.90 Å². The van der Waals surface area contributed by atoms with Crippen LogP contribution in [0.4, 0.5) is 5.69 Å². The molecule has 4 heteroatoms. The highest BCUT2D eigenvalue weighted by molar-refractivity contribution is 5.41. The van der Waals surface area contributed by atoms with Crippen LogP contribution in [0.1, 0.15) is 18.6 Å². The number of hydrogen-bond acceptors (Lipinski definition) is 4. The average molecular weight is 224 g/mol. The van der Waals surface area contributed by atoms with Crippen LogP contribution in [0.3, 0.4) is 0 Å². The van der Waals surface area contributed by atoms with Crippen molar-refractivity contribution < 1.29 is 10.2 Å². The molecule has 1 rings (SSSR count). The van der Waals surface area contributed by atoms with Gasteiger partial charge in [0.25, 0.3) is 0 Å². The molecular weight excluding hydrogens is 204 g/mol. The lowest BCUT2D eigenvalue weighted by molar-refractivity contribution is 0.103. The summed E-state index contributed by atoms with van der Waals surface area (Å²) < 4.78 is 0. The molecule has 0 spiro atoms. The third-order valence-electron chi connectivity index (χ3n) is 2.59. The molecule has 16 heavy (non-hydrogen) atoms. The molecule has 0 bridgehead atoms. The summed E-state index contributed by atoms with van der Waals surface area (Å²) in [5.41, 5.74) is 7.12. The van der Waals surface area contributed by atoms with Crippen molar-refractivity contribution in [2.45, 2.75) is 13.0 Å². The molecule has 0 saturated carbocycles. The van der Waals surface area contributed by atoms with Crippen LogP contribution in [0, 0.1) is 0 Å². The second-order valence-electron chi connectivity index (χ2n) is 3.80. The SMILES string of the molecule is CCN(CCO)CC(O)c1cccc(N)c1. The van der Waals surface area contributed by atoms with Gasteiger partial charge in [0.1, 0.15) is 0 Å². The van der Waals surface area contributed by atoms with E-state index < -0.39 is 6.10 Å². The number of aliphatic hydroxyl groups excluding tert-OH is 2. The van der Waals surface area contributed by atoms with Crippen LogP contribution in [-0.4, -0.2) is 41.4 Å². The highest BCUT2D eigenvalue weighted by atomic mass is 16.3. The van der Waals surface area contributed by atoms with Gasteiger partial charge in [-0.25, -0.2) is 0 Å². The fourth-order valence-corrected chi connectivity index (χ4v) is 1.64. The molecule has 0 radical (unpaired) electrons. The van der Waals surface area contributed by atoms with Crippen LogP contribution in [0.2, 0.25) is 0 Å². The van der Waals surface area contributed by atoms with Crippen molar-refractivity contribution in [3.8, 4) is 0 Å². The number of likely N-dealkylation sites (N-methyl/N-ethyl adjacent to an activating group) is 1. The number of anilines is 1. The lowest BCUT2D eigenvalue weighted by Gasteiger charge is -2.22. The zero-order valence-corrected chi connectivity index (χ0v) is 9.63. The van der Waals surface area contributed by atoms with Gasteiger partial charge in [-0.3, -0.25) is 4.90 Å². The van der Waals surface area contributed by atoms with E-state index in [1.54, 1.807) is 12.1 Å². The number of aliphatic hydroxyl groups is 2. The monoisotopic (exact) mass is 224 g/mol. The molecule has 1 atom stereocenters. The Kier molecular flexibility index (Phi) is 5.25. The Morgan fingerprint density at radius 1 is 1.44 bits per heavy atom. The minimum Gasteiger partial charge on any atom is -0.399 e. The summed E-state index contributed by atoms with van der Waals surface area (Å²) in [7, 11) is 0. The number of benzene rings is 1. The van der Waals surface area contributed by atoms with Crippen LogP contribution in [0.25, 0.3) is 0 Å². The largest absolute Gasteiger partial charge is 0.399 e. The Labute approximate surface area is 96.3 Å². The molecular formula is C12H20N2O2. The molecule has 4 N–H and O–H groups in total. The van der Waals surface area contributed by atoms with Crippen molar-refractivity contribution in [3.63, 3.8) is 0 Å². The Hall–Kier alpha value is -1.10. The first-order valence-corrected chi connectivity index (χ1v) is 5.54. The van der Waals surface area contributed by atoms with Crippen molar-refractivity contribution >= 4 is 5.69 Å². The first-order chi connectivity index (χ1) is 7.67. The first-order valence-electron chi connectivity index (χ1n) is 5.54. The molecule has 0 fully saturated rings. The van der Waals surface area contributed by atoms with Gasteiger partial charge in [0.15, 0.2) is 0 Å². The molecule has 0 aliphatic rings. The van der Waals surface area contributed by atoms with E-state index in [9.17, 15) is 5.11 Å². The summed E-state index contributed by atoms with van der Waals surface area (Å²) in [5, 5.41) is 18.8. The molecule has 0 aliphatic heterocycles. The summed E-state index contributed by atoms with van der Waals surface area (Å²) >= 11 is 0. The molecule has 4 nitrogen and oxygen atoms in total. The molecule has 1 unspecified atom stereocenters. The molecule has 90 valence electrons. The van der Waals surface area contributed by atoms with Gasteiger partial charge in [-0.05, 0) is 24.2 Å². The van der Waals surface area contributed by atoms with Gasteiger partial charge >= 0.3 is 0 Å². The van der Waals surface area contributed by atoms with E-state index in [0.29, 0.717) is 18.8 Å². The Bertz CT molecular complexity index is 318. The van der Waals surface area contributed by atoms with E-state index in [4.69, 9.17) is 10.8 Å². The van der Waals surface area contributed by atoms with E-state index in [1.807, 2.05) is 24.0 Å². The maximum absolute atomic E-state index is 9.99. The van der Waals surface area contributed by atoms with E-state index >= 15 is 0 Å². The Balaban J connectivity index is 2.60. The van der Waals surface area contributed by atoms with Crippen LogP contribution in [0.15, 0.2) is 24.3 Å². The average Bonchev–Trinajstić information content (AvgIpc) is 2.28. The molecule has 1 aromatic carbocycles. The summed E-state index contributed by atoms with van der Waals surface area (Å²) in [6, 6.07) is 7.25. The molecule has 1 aromatic rings. The molecule has 0 aromatic heterocycles. The second-order valence-corrected chi connectivity index (χ2v) is 3.80. The predicted molar refractivity (Wildman–Crippen MR) is 65.0 cm³/mol. The fraction of sp³-hybridized carbons (Fsp3) is 0.500. The number of hydrogen-bond donors (Lipinski definition) is 3. The predicted octanol–water partition coefficient (Wildman–Crippen LogP) is 0.616. The van der Waals surface area contributed by atoms with Crippen LogP contribution in [-0.2, 0) is 0 Å². The van der Waals surface area contributed by atoms with Crippen molar-refractivity contribution in [2.75, 3.05) is 32.0 Å². The molecule has 0 heterocycles. The fourth-order valence-electron chi connectivity index (χ4n) is 1.64. The van der Waals surface area contributed by atoms with Gasteiger partial charge in [0, 0.05) is 18.8 Å². The number of nitrogen functional groups attached to an aromatic ring is 1. The normalized spacial score (nSPS) is 13.0. The second kappa shape index (κ2) is 6.48. The smallest absolute Gasteiger partial charge is 0.0917 e. The third kappa shape index (κ3) is 3.81. The standard InChI is InChI=1S/C12H20N2O2/c1-2-14(6-7-15)9-12(16)10-4-3-5-11(13)8-10/h3-5,8,12,15-16H,2,6-7,9,13H2,1H3. The summed E-state index contributed by atoms with van der Waals surface area (Å²) in [5.74, 6) is 0. The summed E-state index contributed by atoms with van der Waals surface area (Å²) in [6.07, 6.45) is -0.560. The van der Waals surface area contributed by atoms with Crippen LogP contribution >= 0.6 is 0 Å². The van der Waals surface area contributed by atoms with Gasteiger partial charge in [0.2, 0.25) is 0 Å². The van der Waals surface area contributed by atoms with Gasteiger partial charge < -0.3 is 15.9 Å². The molecule has 0 saturated heterocycles. The number of nitrogens with two attached hydrogens (primary N) is 1. The summed E-state index contributed by atoms with van der Waals surface area (Å²) in [4.78, 5) is 1.99. The van der Waals surface area contributed by atoms with E-state index in [0.717, 1.165) is 12.1 Å². The van der Waals surface area contributed by atoms with Gasteiger partial charge in [-0.1, -0.05) is 19.1 Å². The van der Waals surface area contributed by atoms with Crippen LogP contribution in [0.5, 0.6) is 0 Å². The summed E-state index contributed by atoms with van der Waals surface area (Å²) in [6.45, 7) is 4.01. The zero-order chi connectivity index (χ0) is 12.0. The van der Waals surface area contributed by atoms with Gasteiger partial charge in [-0.15, -0.1) is 0 Å². The van der Waals surface area contributed by atoms with Gasteiger partial charge in [0.05, 0.1) is 12.7 Å². The van der Waals surface area contributed by atoms with E-state index in [2.05, 4.69) is 0 Å². The minimum absolute atomic E-state index is 0.109. The lowest BCUT2D eigenvalue weighted by Crippen LogP contribution is -2.31. The van der Waals surface area contributed by atoms with E-state index in [1.165, 1.54) is 0 Å². The van der Waals surface area contributed by atoms with Crippen molar-refractivity contribution in [2.24, 2.45) is 0 Å². The van der Waals surface area contributed by atoms with E-state index in [-0.39, 0.29) is 6.61 Å². The van der Waals surface area contributed by atoms with Crippen molar-refractivity contribution in [3.05, 3.63) is 29.8 Å². The molecule has 0 aliphatic carbocycles. The van der Waals surface area contributed by atoms with Crippen molar-refractivity contribution in [1.29, 1.82) is 0 Å². The highest BCUT2D eigenvalue weighted by Crippen LogP contribution is 2.16.